The molecule has 1 heterocycles. The molecule has 0 bridgehead atoms. The molecule has 1 aliphatic rings. The van der Waals surface area contributed by atoms with Gasteiger partial charge in [-0.3, -0.25) is 0 Å². The molecule has 0 spiro atoms. The first kappa shape index (κ1) is 11.0. The monoisotopic (exact) mass is 408 g/mol. The number of carbonyl (C=O) groups excluding carboxylic acids is 1. The van der Waals surface area contributed by atoms with Gasteiger partial charge in [0.25, 0.3) is 0 Å². The number of benzene rings is 1. The van der Waals surface area contributed by atoms with Crippen LogP contribution in [-0.2, 0) is 4.79 Å². The molecule has 0 amide bonds. The summed E-state index contributed by atoms with van der Waals surface area (Å²) in [6, 6.07) is 7.61. The number of aldehydes is 1. The first-order chi connectivity index (χ1) is 6.59. The van der Waals surface area contributed by atoms with E-state index < -0.39 is 15.9 Å². The summed E-state index contributed by atoms with van der Waals surface area (Å²) in [6.07, 6.45) is 0.769. The topological polar surface area (TPSA) is 17.1 Å². The second-order valence-corrected chi connectivity index (χ2v) is 16.0. The predicted molar refractivity (Wildman–Crippen MR) is 65.4 cm³/mol. The van der Waals surface area contributed by atoms with Gasteiger partial charge >= 0.3 is 102 Å². The zero-order chi connectivity index (χ0) is 10.3. The molecule has 0 N–H and O–H groups in total. The van der Waals surface area contributed by atoms with Gasteiger partial charge in [0.05, 0.1) is 0 Å². The van der Waals surface area contributed by atoms with Gasteiger partial charge in [-0.1, -0.05) is 0 Å². The molecule has 1 nitrogen and oxygen atoms in total. The van der Waals surface area contributed by atoms with Crippen molar-refractivity contribution in [3.63, 3.8) is 0 Å². The Morgan fingerprint density at radius 2 is 1.93 bits per heavy atom. The van der Waals surface area contributed by atoms with Crippen molar-refractivity contribution in [3.8, 4) is 0 Å². The molecule has 1 aromatic carbocycles. The number of rotatable bonds is 1. The van der Waals surface area contributed by atoms with Gasteiger partial charge in [0.15, 0.2) is 0 Å². The SMILES string of the molecule is O=CC1=C(Br)c2ccccc2[Te]1(Cl)Cl. The van der Waals surface area contributed by atoms with E-state index in [0.29, 0.717) is 3.62 Å². The van der Waals surface area contributed by atoms with Gasteiger partial charge in [-0.15, -0.1) is 0 Å². The molecule has 0 saturated carbocycles. The number of carbonyl (C=O) groups is 1. The summed E-state index contributed by atoms with van der Waals surface area (Å²) in [4.78, 5) is 10.9. The van der Waals surface area contributed by atoms with E-state index in [9.17, 15) is 4.79 Å². The van der Waals surface area contributed by atoms with E-state index in [1.54, 1.807) is 0 Å². The minimum atomic E-state index is -3.30. The summed E-state index contributed by atoms with van der Waals surface area (Å²) in [5.74, 6) is 0. The molecule has 14 heavy (non-hydrogen) atoms. The van der Waals surface area contributed by atoms with Crippen LogP contribution in [0.3, 0.4) is 0 Å². The fraction of sp³-hybridized carbons (Fsp3) is 0. The molecule has 0 saturated heterocycles. The molecule has 1 aliphatic heterocycles. The molecule has 0 fully saturated rings. The Hall–Kier alpha value is 0.480. The van der Waals surface area contributed by atoms with Crippen LogP contribution in [0.4, 0.5) is 0 Å². The Morgan fingerprint density at radius 1 is 1.29 bits per heavy atom. The van der Waals surface area contributed by atoms with Crippen LogP contribution in [0.25, 0.3) is 4.48 Å². The van der Waals surface area contributed by atoms with E-state index in [2.05, 4.69) is 15.9 Å². The van der Waals surface area contributed by atoms with Crippen LogP contribution in [0.5, 0.6) is 0 Å². The fourth-order valence-corrected chi connectivity index (χ4v) is 12.4. The summed E-state index contributed by atoms with van der Waals surface area (Å²) in [7, 11) is 12.6. The van der Waals surface area contributed by atoms with Crippen LogP contribution in [0.1, 0.15) is 5.56 Å². The van der Waals surface area contributed by atoms with E-state index in [1.807, 2.05) is 24.3 Å². The second-order valence-electron chi connectivity index (χ2n) is 2.76. The maximum atomic E-state index is 10.9. The van der Waals surface area contributed by atoms with Crippen molar-refractivity contribution in [2.75, 3.05) is 0 Å². The minimum absolute atomic E-state index is 0.553. The zero-order valence-corrected chi connectivity index (χ0v) is 12.3. The number of fused-ring (bicyclic) bond motifs is 1. The van der Waals surface area contributed by atoms with Crippen molar-refractivity contribution in [3.05, 3.63) is 33.4 Å². The molecular weight excluding hydrogens is 403 g/mol. The molecule has 1 aromatic rings. The van der Waals surface area contributed by atoms with Crippen molar-refractivity contribution in [1.82, 2.24) is 0 Å². The molecule has 0 aromatic heterocycles. The zero-order valence-electron chi connectivity index (χ0n) is 6.84. The van der Waals surface area contributed by atoms with Gasteiger partial charge in [-0.05, 0) is 0 Å². The molecule has 74 valence electrons. The van der Waals surface area contributed by atoms with Gasteiger partial charge in [0.1, 0.15) is 0 Å². The van der Waals surface area contributed by atoms with E-state index in [-0.39, 0.29) is 0 Å². The van der Waals surface area contributed by atoms with Crippen molar-refractivity contribution < 1.29 is 4.79 Å². The Kier molecular flexibility index (Phi) is 2.99. The van der Waals surface area contributed by atoms with Crippen molar-refractivity contribution in [1.29, 1.82) is 0 Å². The third kappa shape index (κ3) is 1.47. The van der Waals surface area contributed by atoms with Crippen molar-refractivity contribution in [2.45, 2.75) is 0 Å². The van der Waals surface area contributed by atoms with Gasteiger partial charge in [-0.25, -0.2) is 0 Å². The Labute approximate surface area is 101 Å². The molecular formula is C9H5BrCl2OTe. The van der Waals surface area contributed by atoms with Crippen LogP contribution in [0.2, 0.25) is 0 Å². The van der Waals surface area contributed by atoms with Crippen molar-refractivity contribution in [2.24, 2.45) is 0 Å². The van der Waals surface area contributed by atoms with Gasteiger partial charge < -0.3 is 0 Å². The van der Waals surface area contributed by atoms with Gasteiger partial charge in [-0.2, -0.15) is 0 Å². The first-order valence-electron chi connectivity index (χ1n) is 3.76. The molecule has 5 heteroatoms. The van der Waals surface area contributed by atoms with Crippen LogP contribution in [0.15, 0.2) is 27.9 Å². The Morgan fingerprint density at radius 3 is 2.50 bits per heavy atom. The third-order valence-electron chi connectivity index (χ3n) is 2.00. The average Bonchev–Trinajstić information content (AvgIpc) is 2.36. The standard InChI is InChI=1S/C9H5BrCl2OTe/c10-9-6-3-1-2-4-7(6)14(11,12)8(9)5-13/h1-5H. The molecule has 0 atom stereocenters. The van der Waals surface area contributed by atoms with Gasteiger partial charge in [0.2, 0.25) is 0 Å². The molecule has 0 radical (unpaired) electrons. The number of hydrogen-bond acceptors (Lipinski definition) is 1. The normalized spacial score (nSPS) is 20.5. The third-order valence-corrected chi connectivity index (χ3v) is 13.2. The maximum absolute atomic E-state index is 10.9. The van der Waals surface area contributed by atoms with Crippen molar-refractivity contribution >= 4 is 64.2 Å². The van der Waals surface area contributed by atoms with Crippen LogP contribution < -0.4 is 3.61 Å². The first-order valence-corrected chi connectivity index (χ1v) is 12.8. The summed E-state index contributed by atoms with van der Waals surface area (Å²) in [5.41, 5.74) is 0.959. The average molecular weight is 408 g/mol. The van der Waals surface area contributed by atoms with Gasteiger partial charge in [0, 0.05) is 0 Å². The number of hydrogen-bond donors (Lipinski definition) is 0. The number of halogens is 3. The Bertz CT molecular complexity index is 442. The second kappa shape index (κ2) is 3.81. The summed E-state index contributed by atoms with van der Waals surface area (Å²) >= 11 is 0.0630. The molecule has 2 rings (SSSR count). The van der Waals surface area contributed by atoms with E-state index in [4.69, 9.17) is 17.9 Å². The van der Waals surface area contributed by atoms with E-state index in [0.717, 1.165) is 19.9 Å². The van der Waals surface area contributed by atoms with E-state index in [1.165, 1.54) is 0 Å². The molecule has 0 unspecified atom stereocenters. The van der Waals surface area contributed by atoms with Crippen LogP contribution in [0, 0.1) is 0 Å². The van der Waals surface area contributed by atoms with Crippen LogP contribution >= 0.6 is 33.9 Å². The quantitative estimate of drug-likeness (QED) is 0.517. The molecule has 0 aliphatic carbocycles. The fourth-order valence-electron chi connectivity index (χ4n) is 1.35. The summed E-state index contributed by atoms with van der Waals surface area (Å²) < 4.78 is 2.25. The Balaban J connectivity index is 2.74. The predicted octanol–water partition coefficient (Wildman–Crippen LogP) is 2.67. The summed E-state index contributed by atoms with van der Waals surface area (Å²) in [5, 5.41) is 0. The van der Waals surface area contributed by atoms with Crippen LogP contribution in [-0.4, -0.2) is 22.2 Å². The van der Waals surface area contributed by atoms with E-state index >= 15 is 0 Å². The summed E-state index contributed by atoms with van der Waals surface area (Å²) in [6.45, 7) is 0. The number of allylic oxidation sites excluding steroid dienone is 1.